The SMILES string of the molecule is CC1CCN(c2cnnc(Nc3c(F)cccc3F)n2)CC1. The first-order valence-electron chi connectivity index (χ1n) is 7.29. The first-order valence-corrected chi connectivity index (χ1v) is 7.29. The van der Waals surface area contributed by atoms with Gasteiger partial charge in [0.25, 0.3) is 0 Å². The van der Waals surface area contributed by atoms with Crippen LogP contribution in [0, 0.1) is 17.6 Å². The standard InChI is InChI=1S/C15H17F2N5/c1-10-5-7-22(8-6-10)13-9-18-21-15(19-13)20-14-11(16)3-2-4-12(14)17/h2-4,9-10H,5-8H2,1H3,(H,19,20,21). The van der Waals surface area contributed by atoms with Gasteiger partial charge in [-0.2, -0.15) is 10.1 Å². The molecule has 1 N–H and O–H groups in total. The average molecular weight is 305 g/mol. The van der Waals surface area contributed by atoms with Gasteiger partial charge in [-0.3, -0.25) is 0 Å². The Balaban J connectivity index is 1.79. The fourth-order valence-corrected chi connectivity index (χ4v) is 2.47. The predicted molar refractivity (Wildman–Crippen MR) is 80.1 cm³/mol. The van der Waals surface area contributed by atoms with Crippen LogP contribution in [0.1, 0.15) is 19.8 Å². The lowest BCUT2D eigenvalue weighted by Crippen LogP contribution is -2.33. The minimum atomic E-state index is -0.694. The van der Waals surface area contributed by atoms with Gasteiger partial charge < -0.3 is 10.2 Å². The fraction of sp³-hybridized carbons (Fsp3) is 0.400. The van der Waals surface area contributed by atoms with Crippen molar-refractivity contribution in [2.75, 3.05) is 23.3 Å². The largest absolute Gasteiger partial charge is 0.355 e. The third-order valence-electron chi connectivity index (χ3n) is 3.85. The molecule has 0 bridgehead atoms. The second-order valence-corrected chi connectivity index (χ2v) is 5.53. The maximum absolute atomic E-state index is 13.6. The highest BCUT2D eigenvalue weighted by Gasteiger charge is 2.18. The van der Waals surface area contributed by atoms with Gasteiger partial charge in [0.15, 0.2) is 5.82 Å². The quantitative estimate of drug-likeness (QED) is 0.944. The molecule has 1 aliphatic rings. The first kappa shape index (κ1) is 14.6. The second kappa shape index (κ2) is 6.21. The van der Waals surface area contributed by atoms with Gasteiger partial charge >= 0.3 is 0 Å². The van der Waals surface area contributed by atoms with Gasteiger partial charge in [0.1, 0.15) is 17.3 Å². The van der Waals surface area contributed by atoms with Crippen LogP contribution in [-0.2, 0) is 0 Å². The molecule has 7 heteroatoms. The smallest absolute Gasteiger partial charge is 0.249 e. The molecule has 0 atom stereocenters. The second-order valence-electron chi connectivity index (χ2n) is 5.53. The molecule has 2 aromatic rings. The Kier molecular flexibility index (Phi) is 4.13. The zero-order chi connectivity index (χ0) is 15.5. The summed E-state index contributed by atoms with van der Waals surface area (Å²) in [5, 5.41) is 10.2. The maximum Gasteiger partial charge on any atom is 0.249 e. The maximum atomic E-state index is 13.6. The molecule has 0 spiro atoms. The molecular weight excluding hydrogens is 288 g/mol. The number of nitrogens with one attached hydrogen (secondary N) is 1. The van der Waals surface area contributed by atoms with E-state index in [9.17, 15) is 8.78 Å². The molecule has 0 unspecified atom stereocenters. The Bertz CT molecular complexity index is 636. The van der Waals surface area contributed by atoms with E-state index in [-0.39, 0.29) is 11.6 Å². The Morgan fingerprint density at radius 1 is 1.18 bits per heavy atom. The van der Waals surface area contributed by atoms with E-state index in [4.69, 9.17) is 0 Å². The molecule has 5 nitrogen and oxygen atoms in total. The lowest BCUT2D eigenvalue weighted by molar-refractivity contribution is 0.436. The average Bonchev–Trinajstić information content (AvgIpc) is 2.52. The van der Waals surface area contributed by atoms with Crippen molar-refractivity contribution < 1.29 is 8.78 Å². The molecule has 0 radical (unpaired) electrons. The van der Waals surface area contributed by atoms with Crippen LogP contribution < -0.4 is 10.2 Å². The Labute approximate surface area is 127 Å². The molecule has 0 saturated carbocycles. The zero-order valence-corrected chi connectivity index (χ0v) is 12.3. The number of aromatic nitrogens is 3. The summed E-state index contributed by atoms with van der Waals surface area (Å²) in [6, 6.07) is 3.66. The Morgan fingerprint density at radius 2 is 1.86 bits per heavy atom. The molecule has 0 amide bonds. The lowest BCUT2D eigenvalue weighted by Gasteiger charge is -2.30. The zero-order valence-electron chi connectivity index (χ0n) is 12.3. The highest BCUT2D eigenvalue weighted by Crippen LogP contribution is 2.24. The van der Waals surface area contributed by atoms with Crippen LogP contribution in [0.3, 0.4) is 0 Å². The van der Waals surface area contributed by atoms with Crippen LogP contribution in [0.25, 0.3) is 0 Å². The minimum absolute atomic E-state index is 0.0834. The molecule has 0 aliphatic carbocycles. The number of nitrogens with zero attached hydrogens (tertiary/aromatic N) is 4. The number of piperidine rings is 1. The van der Waals surface area contributed by atoms with E-state index in [0.29, 0.717) is 11.7 Å². The summed E-state index contributed by atoms with van der Waals surface area (Å²) >= 11 is 0. The number of rotatable bonds is 3. The summed E-state index contributed by atoms with van der Waals surface area (Å²) in [4.78, 5) is 6.42. The molecule has 1 aromatic heterocycles. The summed E-state index contributed by atoms with van der Waals surface area (Å²) in [6.07, 6.45) is 3.75. The van der Waals surface area contributed by atoms with Gasteiger partial charge in [0.2, 0.25) is 5.95 Å². The van der Waals surface area contributed by atoms with Crippen LogP contribution in [0.15, 0.2) is 24.4 Å². The summed E-state index contributed by atoms with van der Waals surface area (Å²) < 4.78 is 27.3. The van der Waals surface area contributed by atoms with Crippen molar-refractivity contribution in [3.8, 4) is 0 Å². The lowest BCUT2D eigenvalue weighted by atomic mass is 9.99. The van der Waals surface area contributed by atoms with Crippen molar-refractivity contribution >= 4 is 17.5 Å². The van der Waals surface area contributed by atoms with E-state index in [1.165, 1.54) is 18.2 Å². The minimum Gasteiger partial charge on any atom is -0.355 e. The molecule has 1 saturated heterocycles. The van der Waals surface area contributed by atoms with Crippen molar-refractivity contribution in [2.24, 2.45) is 5.92 Å². The Hall–Kier alpha value is -2.31. The molecule has 1 aliphatic heterocycles. The molecule has 116 valence electrons. The van der Waals surface area contributed by atoms with Gasteiger partial charge in [-0.05, 0) is 30.9 Å². The van der Waals surface area contributed by atoms with Gasteiger partial charge in [-0.1, -0.05) is 13.0 Å². The number of hydrogen-bond donors (Lipinski definition) is 1. The summed E-state index contributed by atoms with van der Waals surface area (Å²) in [7, 11) is 0. The summed E-state index contributed by atoms with van der Waals surface area (Å²) in [6.45, 7) is 4.02. The molecule has 2 heterocycles. The molecule has 1 aromatic carbocycles. The first-order chi connectivity index (χ1) is 10.6. The van der Waals surface area contributed by atoms with Crippen molar-refractivity contribution in [3.05, 3.63) is 36.0 Å². The van der Waals surface area contributed by atoms with Crippen LogP contribution >= 0.6 is 0 Å². The highest BCUT2D eigenvalue weighted by atomic mass is 19.1. The van der Waals surface area contributed by atoms with Crippen LogP contribution in [0.2, 0.25) is 0 Å². The van der Waals surface area contributed by atoms with Gasteiger partial charge in [0.05, 0.1) is 6.20 Å². The van der Waals surface area contributed by atoms with Crippen molar-refractivity contribution in [1.29, 1.82) is 0 Å². The topological polar surface area (TPSA) is 53.9 Å². The third kappa shape index (κ3) is 3.13. The van der Waals surface area contributed by atoms with E-state index < -0.39 is 11.6 Å². The summed E-state index contributed by atoms with van der Waals surface area (Å²) in [5.41, 5.74) is -0.270. The third-order valence-corrected chi connectivity index (χ3v) is 3.85. The highest BCUT2D eigenvalue weighted by molar-refractivity contribution is 5.56. The van der Waals surface area contributed by atoms with Crippen molar-refractivity contribution in [2.45, 2.75) is 19.8 Å². The molecule has 1 fully saturated rings. The van der Waals surface area contributed by atoms with E-state index >= 15 is 0 Å². The normalized spacial score (nSPS) is 15.9. The van der Waals surface area contributed by atoms with E-state index in [1.54, 1.807) is 6.20 Å². The van der Waals surface area contributed by atoms with E-state index in [0.717, 1.165) is 25.9 Å². The monoisotopic (exact) mass is 305 g/mol. The van der Waals surface area contributed by atoms with Crippen molar-refractivity contribution in [1.82, 2.24) is 15.2 Å². The fourth-order valence-electron chi connectivity index (χ4n) is 2.47. The van der Waals surface area contributed by atoms with Gasteiger partial charge in [-0.15, -0.1) is 5.10 Å². The molecular formula is C15H17F2N5. The number of para-hydroxylation sites is 1. The molecule has 3 rings (SSSR count). The van der Waals surface area contributed by atoms with Crippen LogP contribution in [0.4, 0.5) is 26.2 Å². The number of hydrogen-bond acceptors (Lipinski definition) is 5. The van der Waals surface area contributed by atoms with Crippen LogP contribution in [0.5, 0.6) is 0 Å². The summed E-state index contributed by atoms with van der Waals surface area (Å²) in [5.74, 6) is 0.0685. The number of benzene rings is 1. The van der Waals surface area contributed by atoms with Gasteiger partial charge in [0, 0.05) is 13.1 Å². The van der Waals surface area contributed by atoms with Crippen molar-refractivity contribution in [3.63, 3.8) is 0 Å². The number of anilines is 3. The van der Waals surface area contributed by atoms with Gasteiger partial charge in [-0.25, -0.2) is 8.78 Å². The van der Waals surface area contributed by atoms with Crippen LogP contribution in [-0.4, -0.2) is 28.3 Å². The predicted octanol–water partition coefficient (Wildman–Crippen LogP) is 3.13. The van der Waals surface area contributed by atoms with E-state index in [2.05, 4.69) is 32.3 Å². The number of halogens is 2. The molecule has 22 heavy (non-hydrogen) atoms. The Morgan fingerprint density at radius 3 is 2.55 bits per heavy atom. The van der Waals surface area contributed by atoms with E-state index in [1.807, 2.05) is 0 Å².